The minimum absolute atomic E-state index is 0.681. The van der Waals surface area contributed by atoms with Gasteiger partial charge in [-0.05, 0) is 104 Å². The summed E-state index contributed by atoms with van der Waals surface area (Å²) in [6.45, 7) is 0. The second-order valence-corrected chi connectivity index (χ2v) is 13.6. The fourth-order valence-electron chi connectivity index (χ4n) is 7.98. The largest absolute Gasteiger partial charge is 0.454 e. The monoisotopic (exact) mass is 675 g/mol. The first kappa shape index (κ1) is 29.5. The van der Waals surface area contributed by atoms with Crippen LogP contribution in [0.3, 0.4) is 0 Å². The van der Waals surface area contributed by atoms with E-state index < -0.39 is 0 Å². The lowest BCUT2D eigenvalue weighted by molar-refractivity contribution is 0.669. The zero-order valence-corrected chi connectivity index (χ0v) is 28.5. The molecule has 0 aliphatic heterocycles. The molecule has 4 nitrogen and oxygen atoms in total. The van der Waals surface area contributed by atoms with E-state index in [4.69, 9.17) is 19.4 Å². The molecule has 0 bridgehead atoms. The van der Waals surface area contributed by atoms with E-state index >= 15 is 0 Å². The second kappa shape index (κ2) is 11.7. The van der Waals surface area contributed by atoms with Crippen LogP contribution in [0.1, 0.15) is 0 Å². The van der Waals surface area contributed by atoms with E-state index in [9.17, 15) is 0 Å². The standard InChI is InChI=1S/C49H29N3O/c1-3-12-30(13-4-1)43-29-44(52-49(51-43)31-14-5-2-6-15-31)36-26-33(25-35(27-36)37-22-23-50-47-41-19-9-10-21-45(41)53-48(37)47)34-24-32-16-11-20-40-38-17-7-8-18-39(38)42(28-34)46(32)40/h1-29H. The van der Waals surface area contributed by atoms with Crippen molar-refractivity contribution in [2.45, 2.75) is 0 Å². The first-order chi connectivity index (χ1) is 26.2. The van der Waals surface area contributed by atoms with Crippen molar-refractivity contribution in [3.8, 4) is 78.4 Å². The summed E-state index contributed by atoms with van der Waals surface area (Å²) in [5, 5.41) is 3.54. The minimum atomic E-state index is 0.681. The van der Waals surface area contributed by atoms with Crippen molar-refractivity contribution in [3.05, 3.63) is 176 Å². The van der Waals surface area contributed by atoms with E-state index in [1.54, 1.807) is 0 Å². The topological polar surface area (TPSA) is 51.8 Å². The van der Waals surface area contributed by atoms with Crippen LogP contribution in [0.2, 0.25) is 0 Å². The molecule has 10 aromatic rings. The van der Waals surface area contributed by atoms with Gasteiger partial charge < -0.3 is 4.42 Å². The molecule has 3 aromatic heterocycles. The minimum Gasteiger partial charge on any atom is -0.454 e. The molecule has 11 rings (SSSR count). The van der Waals surface area contributed by atoms with Crippen LogP contribution in [-0.2, 0) is 0 Å². The van der Waals surface area contributed by atoms with E-state index in [0.717, 1.165) is 72.4 Å². The smallest absolute Gasteiger partial charge is 0.161 e. The average molecular weight is 676 g/mol. The summed E-state index contributed by atoms with van der Waals surface area (Å²) in [5.74, 6) is 0.681. The quantitative estimate of drug-likeness (QED) is 0.182. The van der Waals surface area contributed by atoms with Gasteiger partial charge in [-0.2, -0.15) is 0 Å². The van der Waals surface area contributed by atoms with Crippen LogP contribution in [-0.4, -0.2) is 15.0 Å². The number of hydrogen-bond donors (Lipinski definition) is 0. The van der Waals surface area contributed by atoms with Crippen molar-refractivity contribution in [1.82, 2.24) is 15.0 Å². The molecular weight excluding hydrogens is 647 g/mol. The molecule has 0 radical (unpaired) electrons. The van der Waals surface area contributed by atoms with Crippen LogP contribution in [0.5, 0.6) is 0 Å². The van der Waals surface area contributed by atoms with Crippen LogP contribution in [0.4, 0.5) is 0 Å². The van der Waals surface area contributed by atoms with Gasteiger partial charge in [-0.3, -0.25) is 4.98 Å². The highest BCUT2D eigenvalue weighted by molar-refractivity contribution is 6.16. The molecule has 0 N–H and O–H groups in total. The molecule has 4 heteroatoms. The normalized spacial score (nSPS) is 11.8. The number of hydrogen-bond acceptors (Lipinski definition) is 4. The maximum Gasteiger partial charge on any atom is 0.161 e. The zero-order chi connectivity index (χ0) is 34.9. The molecule has 0 atom stereocenters. The van der Waals surface area contributed by atoms with Crippen LogP contribution >= 0.6 is 0 Å². The fraction of sp³-hybridized carbons (Fsp3) is 0. The van der Waals surface area contributed by atoms with Crippen LogP contribution in [0.15, 0.2) is 180 Å². The molecule has 0 saturated heterocycles. The number of rotatable bonds is 5. The van der Waals surface area contributed by atoms with Crippen molar-refractivity contribution in [2.75, 3.05) is 0 Å². The molecular formula is C49H29N3O. The lowest BCUT2D eigenvalue weighted by atomic mass is 9.91. The van der Waals surface area contributed by atoms with Crippen molar-refractivity contribution in [2.24, 2.45) is 0 Å². The molecule has 3 heterocycles. The Morgan fingerprint density at radius 2 is 1.04 bits per heavy atom. The van der Waals surface area contributed by atoms with E-state index in [2.05, 4.69) is 115 Å². The average Bonchev–Trinajstić information content (AvgIpc) is 3.78. The summed E-state index contributed by atoms with van der Waals surface area (Å²) >= 11 is 0. The SMILES string of the molecule is c1ccc(-c2cc(-c3cc(-c4cc5c6c(cccc6c4)-c4ccccc4-5)cc(-c4ccnc5c4oc4ccccc45)c3)nc(-c3ccccc3)n2)cc1. The molecule has 0 fully saturated rings. The summed E-state index contributed by atoms with van der Waals surface area (Å²) in [5.41, 5.74) is 16.5. The molecule has 1 aliphatic carbocycles. The number of fused-ring (bicyclic) bond motifs is 6. The van der Waals surface area contributed by atoms with Crippen molar-refractivity contribution in [3.63, 3.8) is 0 Å². The van der Waals surface area contributed by atoms with Gasteiger partial charge in [0.15, 0.2) is 11.4 Å². The molecule has 0 spiro atoms. The second-order valence-electron chi connectivity index (χ2n) is 13.6. The maximum atomic E-state index is 6.54. The Kier molecular flexibility index (Phi) is 6.52. The lowest BCUT2D eigenvalue weighted by Gasteiger charge is -2.14. The lowest BCUT2D eigenvalue weighted by Crippen LogP contribution is -1.96. The van der Waals surface area contributed by atoms with Crippen LogP contribution in [0.25, 0.3) is 111 Å². The summed E-state index contributed by atoms with van der Waals surface area (Å²) < 4.78 is 6.54. The van der Waals surface area contributed by atoms with Crippen molar-refractivity contribution < 1.29 is 4.42 Å². The van der Waals surface area contributed by atoms with E-state index in [1.807, 2.05) is 60.8 Å². The molecule has 53 heavy (non-hydrogen) atoms. The Bertz CT molecular complexity index is 3000. The summed E-state index contributed by atoms with van der Waals surface area (Å²) in [4.78, 5) is 15.1. The Balaban J connectivity index is 1.19. The summed E-state index contributed by atoms with van der Waals surface area (Å²) in [6.07, 6.45) is 1.88. The van der Waals surface area contributed by atoms with Gasteiger partial charge >= 0.3 is 0 Å². The maximum absolute atomic E-state index is 6.54. The Morgan fingerprint density at radius 1 is 0.396 bits per heavy atom. The fourth-order valence-corrected chi connectivity index (χ4v) is 7.98. The van der Waals surface area contributed by atoms with Gasteiger partial charge in [-0.15, -0.1) is 0 Å². The number of benzene rings is 7. The van der Waals surface area contributed by atoms with Gasteiger partial charge in [0.05, 0.1) is 11.4 Å². The molecule has 1 aliphatic rings. The Hall–Kier alpha value is -7.17. The first-order valence-electron chi connectivity index (χ1n) is 17.8. The van der Waals surface area contributed by atoms with Gasteiger partial charge in [0.1, 0.15) is 11.1 Å². The third-order valence-electron chi connectivity index (χ3n) is 10.4. The van der Waals surface area contributed by atoms with Gasteiger partial charge in [0, 0.05) is 33.8 Å². The molecule has 0 unspecified atom stereocenters. The number of nitrogens with zero attached hydrogens (tertiary/aromatic N) is 3. The third-order valence-corrected chi connectivity index (χ3v) is 10.4. The van der Waals surface area contributed by atoms with Gasteiger partial charge in [-0.1, -0.05) is 115 Å². The summed E-state index contributed by atoms with van der Waals surface area (Å²) in [6, 6.07) is 59.6. The molecule has 246 valence electrons. The highest BCUT2D eigenvalue weighted by Crippen LogP contribution is 2.49. The number of para-hydroxylation sites is 1. The predicted molar refractivity (Wildman–Crippen MR) is 216 cm³/mol. The highest BCUT2D eigenvalue weighted by atomic mass is 16.3. The van der Waals surface area contributed by atoms with Crippen molar-refractivity contribution in [1.29, 1.82) is 0 Å². The Morgan fingerprint density at radius 3 is 1.87 bits per heavy atom. The predicted octanol–water partition coefficient (Wildman–Crippen LogP) is 12.9. The van der Waals surface area contributed by atoms with E-state index in [-0.39, 0.29) is 0 Å². The number of aromatic nitrogens is 3. The first-order valence-corrected chi connectivity index (χ1v) is 17.8. The third kappa shape index (κ3) is 4.80. The van der Waals surface area contributed by atoms with E-state index in [1.165, 1.54) is 33.0 Å². The van der Waals surface area contributed by atoms with Gasteiger partial charge in [0.2, 0.25) is 0 Å². The molecule has 0 saturated carbocycles. The number of furan rings is 1. The zero-order valence-electron chi connectivity index (χ0n) is 28.5. The highest BCUT2D eigenvalue weighted by Gasteiger charge is 2.23. The molecule has 7 aromatic carbocycles. The van der Waals surface area contributed by atoms with Crippen molar-refractivity contribution >= 4 is 32.8 Å². The summed E-state index contributed by atoms with van der Waals surface area (Å²) in [7, 11) is 0. The molecule has 0 amide bonds. The van der Waals surface area contributed by atoms with Gasteiger partial charge in [0.25, 0.3) is 0 Å². The van der Waals surface area contributed by atoms with Crippen LogP contribution in [0, 0.1) is 0 Å². The van der Waals surface area contributed by atoms with Crippen LogP contribution < -0.4 is 0 Å². The van der Waals surface area contributed by atoms with Gasteiger partial charge in [-0.25, -0.2) is 9.97 Å². The Labute approximate surface area is 305 Å². The van der Waals surface area contributed by atoms with E-state index in [0.29, 0.717) is 5.82 Å². The number of pyridine rings is 1.